The summed E-state index contributed by atoms with van der Waals surface area (Å²) in [5.41, 5.74) is 0.867. The van der Waals surface area contributed by atoms with Gasteiger partial charge in [-0.3, -0.25) is 4.98 Å². The van der Waals surface area contributed by atoms with Gasteiger partial charge in [0.05, 0.1) is 18.5 Å². The first kappa shape index (κ1) is 13.1. The Bertz CT molecular complexity index is 302. The van der Waals surface area contributed by atoms with Crippen LogP contribution >= 0.6 is 0 Å². The fraction of sp³-hybridized carbons (Fsp3) is 0.583. The van der Waals surface area contributed by atoms with Crippen molar-refractivity contribution in [1.29, 1.82) is 0 Å². The smallest absolute Gasteiger partial charge is 0.141 e. The van der Waals surface area contributed by atoms with Crippen molar-refractivity contribution in [1.82, 2.24) is 10.3 Å². The topological polar surface area (TPSA) is 34.1 Å². The highest BCUT2D eigenvalue weighted by Gasteiger charge is 2.13. The Morgan fingerprint density at radius 2 is 2.25 bits per heavy atom. The third-order valence-corrected chi connectivity index (χ3v) is 2.42. The summed E-state index contributed by atoms with van der Waals surface area (Å²) in [6, 6.07) is 3.55. The molecule has 1 aromatic rings. The lowest BCUT2D eigenvalue weighted by molar-refractivity contribution is 0.166. The van der Waals surface area contributed by atoms with Crippen LogP contribution in [0.2, 0.25) is 0 Å². The molecule has 0 bridgehead atoms. The minimum Gasteiger partial charge on any atom is -0.383 e. The lowest BCUT2D eigenvalue weighted by atomic mass is 10.1. The lowest BCUT2D eigenvalue weighted by Gasteiger charge is -2.21. The van der Waals surface area contributed by atoms with Gasteiger partial charge in [-0.1, -0.05) is 6.92 Å². The van der Waals surface area contributed by atoms with Gasteiger partial charge >= 0.3 is 0 Å². The molecule has 2 unspecified atom stereocenters. The van der Waals surface area contributed by atoms with Gasteiger partial charge in [-0.05, 0) is 25.5 Å². The average Bonchev–Trinajstić information content (AvgIpc) is 2.27. The van der Waals surface area contributed by atoms with Gasteiger partial charge in [0.2, 0.25) is 0 Å². The third-order valence-electron chi connectivity index (χ3n) is 2.42. The molecule has 0 saturated carbocycles. The second-order valence-electron chi connectivity index (χ2n) is 3.89. The lowest BCUT2D eigenvalue weighted by Crippen LogP contribution is -2.33. The number of methoxy groups -OCH3 is 1. The molecule has 1 N–H and O–H groups in total. The van der Waals surface area contributed by atoms with Crippen LogP contribution in [0.3, 0.4) is 0 Å². The van der Waals surface area contributed by atoms with Crippen LogP contribution in [-0.4, -0.2) is 24.7 Å². The number of hydrogen-bond acceptors (Lipinski definition) is 3. The number of rotatable bonds is 6. The van der Waals surface area contributed by atoms with Gasteiger partial charge in [0.15, 0.2) is 0 Å². The Morgan fingerprint density at radius 3 is 2.75 bits per heavy atom. The quantitative estimate of drug-likeness (QED) is 0.808. The summed E-state index contributed by atoms with van der Waals surface area (Å²) in [6.07, 6.45) is 2.16. The SMILES string of the molecule is CCC(NC(C)COC)c1ccc(F)cn1. The minimum atomic E-state index is -0.302. The highest BCUT2D eigenvalue weighted by atomic mass is 19.1. The van der Waals surface area contributed by atoms with E-state index in [-0.39, 0.29) is 17.9 Å². The molecular formula is C12H19FN2O. The number of hydrogen-bond donors (Lipinski definition) is 1. The Kier molecular flexibility index (Phi) is 5.35. The first-order chi connectivity index (χ1) is 7.67. The van der Waals surface area contributed by atoms with Crippen LogP contribution in [-0.2, 0) is 4.74 Å². The van der Waals surface area contributed by atoms with Crippen molar-refractivity contribution in [2.45, 2.75) is 32.4 Å². The molecule has 0 aliphatic heterocycles. The van der Waals surface area contributed by atoms with E-state index in [2.05, 4.69) is 24.1 Å². The summed E-state index contributed by atoms with van der Waals surface area (Å²) < 4.78 is 17.8. The van der Waals surface area contributed by atoms with Crippen LogP contribution in [0.5, 0.6) is 0 Å². The highest BCUT2D eigenvalue weighted by Crippen LogP contribution is 2.14. The van der Waals surface area contributed by atoms with Crippen molar-refractivity contribution in [2.24, 2.45) is 0 Å². The second-order valence-corrected chi connectivity index (χ2v) is 3.89. The van der Waals surface area contributed by atoms with Gasteiger partial charge in [0.25, 0.3) is 0 Å². The molecule has 0 aliphatic rings. The predicted octanol–water partition coefficient (Wildman–Crippen LogP) is 2.30. The number of ether oxygens (including phenoxy) is 1. The minimum absolute atomic E-state index is 0.144. The average molecular weight is 226 g/mol. The molecule has 0 radical (unpaired) electrons. The molecule has 0 saturated heterocycles. The monoisotopic (exact) mass is 226 g/mol. The standard InChI is InChI=1S/C12H19FN2O/c1-4-11(15-9(2)8-16-3)12-6-5-10(13)7-14-12/h5-7,9,11,15H,4,8H2,1-3H3. The molecule has 0 fully saturated rings. The zero-order valence-corrected chi connectivity index (χ0v) is 10.0. The molecule has 0 spiro atoms. The zero-order chi connectivity index (χ0) is 12.0. The first-order valence-electron chi connectivity index (χ1n) is 5.53. The van der Waals surface area contributed by atoms with E-state index < -0.39 is 0 Å². The maximum atomic E-state index is 12.7. The van der Waals surface area contributed by atoms with Gasteiger partial charge in [-0.25, -0.2) is 4.39 Å². The molecule has 3 nitrogen and oxygen atoms in total. The van der Waals surface area contributed by atoms with Gasteiger partial charge in [-0.15, -0.1) is 0 Å². The fourth-order valence-corrected chi connectivity index (χ4v) is 1.65. The van der Waals surface area contributed by atoms with Crippen LogP contribution in [0, 0.1) is 5.82 Å². The van der Waals surface area contributed by atoms with Gasteiger partial charge in [0.1, 0.15) is 5.82 Å². The van der Waals surface area contributed by atoms with E-state index in [1.54, 1.807) is 13.2 Å². The van der Waals surface area contributed by atoms with Crippen molar-refractivity contribution in [2.75, 3.05) is 13.7 Å². The van der Waals surface area contributed by atoms with Crippen LogP contribution in [0.1, 0.15) is 32.0 Å². The predicted molar refractivity (Wildman–Crippen MR) is 61.7 cm³/mol. The second kappa shape index (κ2) is 6.55. The molecule has 4 heteroatoms. The summed E-state index contributed by atoms with van der Waals surface area (Å²) in [5, 5.41) is 3.39. The summed E-state index contributed by atoms with van der Waals surface area (Å²) in [5.74, 6) is -0.302. The van der Waals surface area contributed by atoms with E-state index in [1.165, 1.54) is 12.3 Å². The van der Waals surface area contributed by atoms with Gasteiger partial charge in [0, 0.05) is 19.2 Å². The van der Waals surface area contributed by atoms with E-state index in [1.807, 2.05) is 0 Å². The Hall–Kier alpha value is -1.00. The van der Waals surface area contributed by atoms with Crippen LogP contribution in [0.4, 0.5) is 4.39 Å². The molecule has 1 rings (SSSR count). The molecule has 0 aliphatic carbocycles. The van der Waals surface area contributed by atoms with Crippen LogP contribution in [0.15, 0.2) is 18.3 Å². The maximum absolute atomic E-state index is 12.7. The molecule has 90 valence electrons. The normalized spacial score (nSPS) is 14.8. The Morgan fingerprint density at radius 1 is 1.50 bits per heavy atom. The maximum Gasteiger partial charge on any atom is 0.141 e. The molecule has 16 heavy (non-hydrogen) atoms. The largest absolute Gasteiger partial charge is 0.383 e. The Balaban J connectivity index is 2.63. The van der Waals surface area contributed by atoms with Crippen molar-refractivity contribution in [3.8, 4) is 0 Å². The van der Waals surface area contributed by atoms with E-state index in [0.29, 0.717) is 6.61 Å². The van der Waals surface area contributed by atoms with Gasteiger partial charge < -0.3 is 10.1 Å². The van der Waals surface area contributed by atoms with E-state index in [4.69, 9.17) is 4.74 Å². The number of pyridine rings is 1. The number of aromatic nitrogens is 1. The molecule has 0 aromatic carbocycles. The van der Waals surface area contributed by atoms with E-state index in [9.17, 15) is 4.39 Å². The first-order valence-corrected chi connectivity index (χ1v) is 5.53. The van der Waals surface area contributed by atoms with Crippen molar-refractivity contribution in [3.63, 3.8) is 0 Å². The number of halogens is 1. The van der Waals surface area contributed by atoms with Crippen molar-refractivity contribution in [3.05, 3.63) is 29.8 Å². The summed E-state index contributed by atoms with van der Waals surface area (Å²) >= 11 is 0. The zero-order valence-electron chi connectivity index (χ0n) is 10.0. The van der Waals surface area contributed by atoms with E-state index >= 15 is 0 Å². The molecule has 1 aromatic heterocycles. The number of nitrogens with one attached hydrogen (secondary N) is 1. The van der Waals surface area contributed by atoms with E-state index in [0.717, 1.165) is 12.1 Å². The Labute approximate surface area is 96.0 Å². The molecular weight excluding hydrogens is 207 g/mol. The summed E-state index contributed by atoms with van der Waals surface area (Å²) in [7, 11) is 1.68. The van der Waals surface area contributed by atoms with Crippen molar-refractivity contribution < 1.29 is 9.13 Å². The van der Waals surface area contributed by atoms with Crippen molar-refractivity contribution >= 4 is 0 Å². The molecule has 1 heterocycles. The summed E-state index contributed by atoms with van der Waals surface area (Å²) in [6.45, 7) is 4.77. The third kappa shape index (κ3) is 3.87. The molecule has 2 atom stereocenters. The summed E-state index contributed by atoms with van der Waals surface area (Å²) in [4.78, 5) is 4.08. The van der Waals surface area contributed by atoms with Crippen LogP contribution in [0.25, 0.3) is 0 Å². The van der Waals surface area contributed by atoms with Gasteiger partial charge in [-0.2, -0.15) is 0 Å². The molecule has 0 amide bonds. The number of nitrogens with zero attached hydrogens (tertiary/aromatic N) is 1. The highest BCUT2D eigenvalue weighted by molar-refractivity contribution is 5.09. The van der Waals surface area contributed by atoms with Crippen LogP contribution < -0.4 is 5.32 Å². The fourth-order valence-electron chi connectivity index (χ4n) is 1.65.